The van der Waals surface area contributed by atoms with Gasteiger partial charge in [-0.05, 0) is 167 Å². The van der Waals surface area contributed by atoms with Crippen LogP contribution in [0, 0.1) is 139 Å². The molecule has 0 aliphatic rings. The molecule has 0 radical (unpaired) electrons. The molecule has 6 nitrogen and oxygen atoms in total. The molecule has 6 aromatic heterocycles. The van der Waals surface area contributed by atoms with Crippen LogP contribution in [0.25, 0.3) is 16.9 Å². The molecule has 0 spiro atoms. The average Bonchev–Trinajstić information content (AvgIpc) is 3.86. The molecule has 6 heterocycles. The van der Waals surface area contributed by atoms with Gasteiger partial charge in [-0.25, -0.2) is 15.0 Å². The third-order valence-corrected chi connectivity index (χ3v) is 14.9. The lowest BCUT2D eigenvalue weighted by Crippen LogP contribution is -2.16. The van der Waals surface area contributed by atoms with Gasteiger partial charge in [-0.1, -0.05) is 46.2 Å². The number of fused-ring (bicyclic) bond motifs is 3. The molecule has 0 saturated heterocycles. The smallest absolute Gasteiger partial charge is 0.140 e. The van der Waals surface area contributed by atoms with Gasteiger partial charge in [0.2, 0.25) is 0 Å². The molecule has 338 valence electrons. The number of imidazole rings is 3. The molecule has 6 rings (SSSR count). The van der Waals surface area contributed by atoms with Crippen molar-refractivity contribution in [3.05, 3.63) is 101 Å². The van der Waals surface area contributed by atoms with Gasteiger partial charge in [0.25, 0.3) is 0 Å². The molecular weight excluding hydrogens is 801 g/mol. The predicted molar refractivity (Wildman–Crippen MR) is 279 cm³/mol. The van der Waals surface area contributed by atoms with E-state index >= 15 is 0 Å². The highest BCUT2D eigenvalue weighted by Crippen LogP contribution is 2.28. The summed E-state index contributed by atoms with van der Waals surface area (Å²) in [7, 11) is -2.28. The van der Waals surface area contributed by atoms with Gasteiger partial charge in [0, 0.05) is 59.8 Å². The highest BCUT2D eigenvalue weighted by molar-refractivity contribution is 6.84. The van der Waals surface area contributed by atoms with E-state index in [2.05, 4.69) is 192 Å². The van der Waals surface area contributed by atoms with Gasteiger partial charge in [-0.3, -0.25) is 0 Å². The van der Waals surface area contributed by atoms with E-state index in [0.29, 0.717) is 0 Å². The van der Waals surface area contributed by atoms with Crippen LogP contribution in [0.4, 0.5) is 0 Å². The third-order valence-electron chi connectivity index (χ3n) is 12.9. The molecule has 0 N–H and O–H groups in total. The lowest BCUT2D eigenvalue weighted by molar-refractivity contribution is 0.943. The van der Waals surface area contributed by atoms with Crippen LogP contribution in [0.3, 0.4) is 0 Å². The quantitative estimate of drug-likeness (QED) is 0.128. The van der Waals surface area contributed by atoms with E-state index < -0.39 is 16.1 Å². The maximum absolute atomic E-state index is 5.34. The molecule has 0 aromatic carbocycles. The number of hydrogen-bond acceptors (Lipinski definition) is 3. The molecule has 0 aliphatic heterocycles. The topological polar surface area (TPSA) is 51.9 Å². The summed E-state index contributed by atoms with van der Waals surface area (Å²) in [4.78, 5) is 14.5. The van der Waals surface area contributed by atoms with Crippen molar-refractivity contribution < 1.29 is 0 Å². The van der Waals surface area contributed by atoms with Crippen LogP contribution < -0.4 is 0 Å². The Labute approximate surface area is 385 Å². The normalized spacial score (nSPS) is 11.1. The fraction of sp³-hybridized carbons (Fsp3) is 0.509. The first-order valence-corrected chi connectivity index (χ1v) is 29.9. The largest absolute Gasteiger partial charge is 0.301 e. The minimum Gasteiger partial charge on any atom is -0.301 e. The lowest BCUT2D eigenvalue weighted by Gasteiger charge is -2.12. The Balaban J connectivity index is 0.000000236. The summed E-state index contributed by atoms with van der Waals surface area (Å²) in [6, 6.07) is 0. The van der Waals surface area contributed by atoms with E-state index in [-0.39, 0.29) is 0 Å². The van der Waals surface area contributed by atoms with E-state index in [9.17, 15) is 0 Å². The van der Waals surface area contributed by atoms with Crippen molar-refractivity contribution in [2.24, 2.45) is 0 Å². The molecule has 0 fully saturated rings. The minimum atomic E-state index is -1.26. The molecule has 0 amide bonds. The first-order chi connectivity index (χ1) is 29.2. The molecule has 0 atom stereocenters. The van der Waals surface area contributed by atoms with Crippen LogP contribution in [-0.4, -0.2) is 44.3 Å². The van der Waals surface area contributed by atoms with E-state index in [4.69, 9.17) is 21.4 Å². The third kappa shape index (κ3) is 11.9. The van der Waals surface area contributed by atoms with Crippen molar-refractivity contribution in [1.82, 2.24) is 28.2 Å². The fourth-order valence-corrected chi connectivity index (χ4v) is 9.58. The second-order valence-electron chi connectivity index (χ2n) is 19.5. The number of terminal acetylenes is 1. The number of hydrogen-bond donors (Lipinski definition) is 0. The summed E-state index contributed by atoms with van der Waals surface area (Å²) in [6.45, 7) is 50.3. The first-order valence-electron chi connectivity index (χ1n) is 22.9. The van der Waals surface area contributed by atoms with E-state index in [1.165, 1.54) is 95.6 Å². The van der Waals surface area contributed by atoms with E-state index in [0.717, 1.165) is 54.7 Å². The van der Waals surface area contributed by atoms with Gasteiger partial charge in [-0.15, -0.1) is 35.3 Å². The Morgan fingerprint density at radius 3 is 1.03 bits per heavy atom. The molecule has 0 bridgehead atoms. The second kappa shape index (κ2) is 21.2. The Hall–Kier alpha value is -4.82. The fourth-order valence-electron chi connectivity index (χ4n) is 8.17. The molecule has 0 aliphatic carbocycles. The number of pyridine rings is 3. The van der Waals surface area contributed by atoms with Gasteiger partial charge in [0.15, 0.2) is 0 Å². The van der Waals surface area contributed by atoms with Crippen LogP contribution in [0.15, 0.2) is 0 Å². The molecule has 0 unspecified atom stereocenters. The Morgan fingerprint density at radius 1 is 0.429 bits per heavy atom. The van der Waals surface area contributed by atoms with E-state index in [1.54, 1.807) is 0 Å². The zero-order valence-corrected chi connectivity index (χ0v) is 45.8. The van der Waals surface area contributed by atoms with Gasteiger partial charge in [-0.2, -0.15) is 0 Å². The molecular formula is C55H80N6Si2. The zero-order chi connectivity index (χ0) is 48.0. The SMILES string of the molecule is C#CCCc1nc2c(C)c(C)c(C)c(C)n2c1C.CC#C[Si](C)(C)C.CCc1nc2c(C)c(C)c(C)c(C)n2c1C.Cc1c(C)c(C)n2c(C)c(CCC#C[Si](C)(C)C)nc2c1C. The Kier molecular flexibility index (Phi) is 17.7. The highest BCUT2D eigenvalue weighted by Gasteiger charge is 2.18. The monoisotopic (exact) mass is 881 g/mol. The zero-order valence-electron chi connectivity index (χ0n) is 43.8. The highest BCUT2D eigenvalue weighted by atomic mass is 28.3. The molecule has 0 saturated carbocycles. The maximum atomic E-state index is 5.34. The number of rotatable bonds is 5. The van der Waals surface area contributed by atoms with Crippen molar-refractivity contribution in [3.63, 3.8) is 0 Å². The predicted octanol–water partition coefficient (Wildman–Crippen LogP) is 13.5. The standard InChI is InChI=1S/C19H28N2Si.C16H20N2.C14H20N2.C6H12Si/c1-13-14(2)16(4)21-17(5)18(20-19(21)15(13)3)11-9-10-12-22(6,7)8;1-7-8-9-15-14(6)18-13(5)11(3)10(2)12(4)16(18)17-15;1-7-13-12(6)16-11(5)9(3)8(2)10(4)14(16)15-13;1-5-6-7(2,3)4/h9,11H2,1-8H3;1H,8-9H2,2-6H3;7H2,1-6H3;1-4H3. The first kappa shape index (κ1) is 52.5. The lowest BCUT2D eigenvalue weighted by atomic mass is 10.0. The molecule has 63 heavy (non-hydrogen) atoms. The van der Waals surface area contributed by atoms with Gasteiger partial charge in [0.05, 0.1) is 17.1 Å². The number of nitrogens with zero attached hydrogens (tertiary/aromatic N) is 6. The maximum Gasteiger partial charge on any atom is 0.140 e. The van der Waals surface area contributed by atoms with Gasteiger partial charge < -0.3 is 13.2 Å². The van der Waals surface area contributed by atoms with Crippen LogP contribution in [0.5, 0.6) is 0 Å². The second-order valence-corrected chi connectivity index (χ2v) is 29.0. The molecule has 6 aromatic rings. The van der Waals surface area contributed by atoms with Crippen molar-refractivity contribution in [3.8, 4) is 35.3 Å². The van der Waals surface area contributed by atoms with Crippen LogP contribution in [0.1, 0.15) is 128 Å². The van der Waals surface area contributed by atoms with Crippen molar-refractivity contribution in [2.45, 2.75) is 189 Å². The Bertz CT molecular complexity index is 2810. The summed E-state index contributed by atoms with van der Waals surface area (Å²) in [5.41, 5.74) is 33.3. The van der Waals surface area contributed by atoms with Crippen LogP contribution in [-0.2, 0) is 19.3 Å². The van der Waals surface area contributed by atoms with Gasteiger partial charge in [0.1, 0.15) is 33.1 Å². The Morgan fingerprint density at radius 2 is 0.746 bits per heavy atom. The molecule has 8 heteroatoms. The summed E-state index contributed by atoms with van der Waals surface area (Å²) in [5, 5.41) is 0. The van der Waals surface area contributed by atoms with Gasteiger partial charge >= 0.3 is 0 Å². The summed E-state index contributed by atoms with van der Waals surface area (Å²) >= 11 is 0. The number of aromatic nitrogens is 6. The summed E-state index contributed by atoms with van der Waals surface area (Å²) < 4.78 is 6.89. The minimum absolute atomic E-state index is 0.751. The summed E-state index contributed by atoms with van der Waals surface area (Å²) in [5.74, 6) is 8.97. The summed E-state index contributed by atoms with van der Waals surface area (Å²) in [6.07, 6.45) is 9.82. The van der Waals surface area contributed by atoms with Crippen LogP contribution in [0.2, 0.25) is 39.3 Å². The van der Waals surface area contributed by atoms with Crippen molar-refractivity contribution in [1.29, 1.82) is 0 Å². The average molecular weight is 881 g/mol. The van der Waals surface area contributed by atoms with Crippen molar-refractivity contribution in [2.75, 3.05) is 0 Å². The van der Waals surface area contributed by atoms with E-state index in [1.807, 2.05) is 6.92 Å². The van der Waals surface area contributed by atoms with Crippen molar-refractivity contribution >= 4 is 33.1 Å². The number of aryl methyl sites for hydroxylation is 12. The van der Waals surface area contributed by atoms with Crippen LogP contribution >= 0.6 is 0 Å².